The van der Waals surface area contributed by atoms with E-state index in [1.54, 1.807) is 6.33 Å². The second-order valence-corrected chi connectivity index (χ2v) is 5.96. The van der Waals surface area contributed by atoms with Gasteiger partial charge in [-0.3, -0.25) is 5.32 Å². The number of aromatic nitrogens is 3. The van der Waals surface area contributed by atoms with E-state index < -0.39 is 0 Å². The van der Waals surface area contributed by atoms with Crippen molar-refractivity contribution in [2.45, 2.75) is 45.2 Å². The number of rotatable bonds is 8. The molecule has 0 aliphatic rings. The number of benzene rings is 1. The SMILES string of the molecule is CCC(CC)c1cc(CNC(c2ccccc2)c2cnc[nH]2)on1. The summed E-state index contributed by atoms with van der Waals surface area (Å²) < 4.78 is 5.51. The van der Waals surface area contributed by atoms with Crippen LogP contribution in [0.2, 0.25) is 0 Å². The van der Waals surface area contributed by atoms with Gasteiger partial charge in [0.1, 0.15) is 0 Å². The van der Waals surface area contributed by atoms with Crippen LogP contribution in [0.15, 0.2) is 53.4 Å². The van der Waals surface area contributed by atoms with Crippen LogP contribution in [-0.4, -0.2) is 15.1 Å². The summed E-state index contributed by atoms with van der Waals surface area (Å²) in [6.07, 6.45) is 5.71. The molecule has 2 N–H and O–H groups in total. The van der Waals surface area contributed by atoms with Crippen molar-refractivity contribution in [3.63, 3.8) is 0 Å². The summed E-state index contributed by atoms with van der Waals surface area (Å²) in [5.74, 6) is 1.33. The molecular weight excluding hydrogens is 300 g/mol. The Morgan fingerprint density at radius 2 is 1.96 bits per heavy atom. The lowest BCUT2D eigenvalue weighted by molar-refractivity contribution is 0.358. The molecule has 2 aromatic heterocycles. The van der Waals surface area contributed by atoms with E-state index in [-0.39, 0.29) is 6.04 Å². The van der Waals surface area contributed by atoms with Crippen molar-refractivity contribution >= 4 is 0 Å². The highest BCUT2D eigenvalue weighted by Crippen LogP contribution is 2.24. The Kier molecular flexibility index (Phi) is 5.43. The van der Waals surface area contributed by atoms with Crippen LogP contribution in [0.3, 0.4) is 0 Å². The van der Waals surface area contributed by atoms with E-state index in [9.17, 15) is 0 Å². The lowest BCUT2D eigenvalue weighted by Gasteiger charge is -2.17. The van der Waals surface area contributed by atoms with E-state index in [1.807, 2.05) is 24.4 Å². The molecule has 0 radical (unpaired) electrons. The summed E-state index contributed by atoms with van der Waals surface area (Å²) in [4.78, 5) is 7.34. The minimum atomic E-state index is 0.0374. The first kappa shape index (κ1) is 16.5. The highest BCUT2D eigenvalue weighted by molar-refractivity contribution is 5.26. The highest BCUT2D eigenvalue weighted by atomic mass is 16.5. The van der Waals surface area contributed by atoms with E-state index >= 15 is 0 Å². The van der Waals surface area contributed by atoms with Crippen molar-refractivity contribution in [1.82, 2.24) is 20.4 Å². The normalized spacial score (nSPS) is 12.6. The minimum Gasteiger partial charge on any atom is -0.360 e. The smallest absolute Gasteiger partial charge is 0.150 e. The van der Waals surface area contributed by atoms with E-state index in [0.717, 1.165) is 30.0 Å². The maximum Gasteiger partial charge on any atom is 0.150 e. The zero-order chi connectivity index (χ0) is 16.8. The molecule has 0 saturated carbocycles. The fourth-order valence-corrected chi connectivity index (χ4v) is 2.99. The van der Waals surface area contributed by atoms with E-state index in [1.165, 1.54) is 5.56 Å². The van der Waals surface area contributed by atoms with Gasteiger partial charge in [0, 0.05) is 18.2 Å². The molecule has 0 aliphatic carbocycles. The predicted octanol–water partition coefficient (Wildman–Crippen LogP) is 4.18. The van der Waals surface area contributed by atoms with Gasteiger partial charge in [-0.2, -0.15) is 0 Å². The minimum absolute atomic E-state index is 0.0374. The molecule has 0 amide bonds. The Hall–Kier alpha value is -2.40. The maximum atomic E-state index is 5.51. The molecule has 0 spiro atoms. The number of imidazole rings is 1. The number of H-pyrrole nitrogens is 1. The Balaban J connectivity index is 1.73. The highest BCUT2D eigenvalue weighted by Gasteiger charge is 2.17. The Morgan fingerprint density at radius 3 is 2.62 bits per heavy atom. The van der Waals surface area contributed by atoms with Gasteiger partial charge >= 0.3 is 0 Å². The lowest BCUT2D eigenvalue weighted by atomic mass is 9.99. The molecule has 126 valence electrons. The predicted molar refractivity (Wildman–Crippen MR) is 93.5 cm³/mol. The molecule has 1 aromatic carbocycles. The van der Waals surface area contributed by atoms with Crippen molar-refractivity contribution in [3.8, 4) is 0 Å². The topological polar surface area (TPSA) is 66.7 Å². The number of nitrogens with one attached hydrogen (secondary N) is 2. The van der Waals surface area contributed by atoms with Gasteiger partial charge in [0.2, 0.25) is 0 Å². The number of aromatic amines is 1. The van der Waals surface area contributed by atoms with Crippen LogP contribution in [0.5, 0.6) is 0 Å². The van der Waals surface area contributed by atoms with Crippen LogP contribution in [-0.2, 0) is 6.54 Å². The molecule has 1 unspecified atom stereocenters. The molecule has 3 aromatic rings. The first-order valence-electron chi connectivity index (χ1n) is 8.53. The molecule has 0 aliphatic heterocycles. The lowest BCUT2D eigenvalue weighted by Crippen LogP contribution is -2.22. The molecule has 2 heterocycles. The van der Waals surface area contributed by atoms with Gasteiger partial charge in [-0.1, -0.05) is 49.3 Å². The van der Waals surface area contributed by atoms with Gasteiger partial charge in [-0.15, -0.1) is 0 Å². The number of nitrogens with zero attached hydrogens (tertiary/aromatic N) is 2. The molecule has 0 fully saturated rings. The quantitative estimate of drug-likeness (QED) is 0.652. The molecule has 24 heavy (non-hydrogen) atoms. The zero-order valence-corrected chi connectivity index (χ0v) is 14.2. The van der Waals surface area contributed by atoms with Crippen molar-refractivity contribution in [2.75, 3.05) is 0 Å². The van der Waals surface area contributed by atoms with Crippen LogP contribution in [0.1, 0.15) is 61.4 Å². The average molecular weight is 324 g/mol. The summed E-state index contributed by atoms with van der Waals surface area (Å²) in [6.45, 7) is 4.99. The molecule has 5 heteroatoms. The van der Waals surface area contributed by atoms with Crippen LogP contribution in [0.25, 0.3) is 0 Å². The summed E-state index contributed by atoms with van der Waals surface area (Å²) in [5.41, 5.74) is 3.26. The van der Waals surface area contributed by atoms with Crippen LogP contribution in [0, 0.1) is 0 Å². The van der Waals surface area contributed by atoms with E-state index in [4.69, 9.17) is 4.52 Å². The monoisotopic (exact) mass is 324 g/mol. The van der Waals surface area contributed by atoms with Gasteiger partial charge in [0.25, 0.3) is 0 Å². The van der Waals surface area contributed by atoms with Crippen LogP contribution in [0.4, 0.5) is 0 Å². The van der Waals surface area contributed by atoms with Crippen molar-refractivity contribution in [2.24, 2.45) is 0 Å². The summed E-state index contributed by atoms with van der Waals surface area (Å²) in [6, 6.07) is 12.4. The molecule has 0 saturated heterocycles. The first-order valence-corrected chi connectivity index (χ1v) is 8.53. The van der Waals surface area contributed by atoms with E-state index in [2.05, 4.69) is 52.5 Å². The molecule has 1 atom stereocenters. The van der Waals surface area contributed by atoms with Crippen LogP contribution >= 0.6 is 0 Å². The third-order valence-electron chi connectivity index (χ3n) is 4.42. The third-order valence-corrected chi connectivity index (χ3v) is 4.42. The second-order valence-electron chi connectivity index (χ2n) is 5.96. The molecule has 3 rings (SSSR count). The summed E-state index contributed by atoms with van der Waals surface area (Å²) in [7, 11) is 0. The van der Waals surface area contributed by atoms with Gasteiger partial charge in [0.05, 0.1) is 30.3 Å². The first-order chi connectivity index (χ1) is 11.8. The molecule has 5 nitrogen and oxygen atoms in total. The van der Waals surface area contributed by atoms with Crippen LogP contribution < -0.4 is 5.32 Å². The third kappa shape index (κ3) is 3.74. The fourth-order valence-electron chi connectivity index (χ4n) is 2.99. The summed E-state index contributed by atoms with van der Waals surface area (Å²) in [5, 5.41) is 7.77. The van der Waals surface area contributed by atoms with Gasteiger partial charge in [0.15, 0.2) is 5.76 Å². The Bertz CT molecular complexity index is 717. The zero-order valence-electron chi connectivity index (χ0n) is 14.2. The van der Waals surface area contributed by atoms with Crippen molar-refractivity contribution in [1.29, 1.82) is 0 Å². The summed E-state index contributed by atoms with van der Waals surface area (Å²) >= 11 is 0. The molecule has 0 bridgehead atoms. The van der Waals surface area contributed by atoms with E-state index in [0.29, 0.717) is 12.5 Å². The fraction of sp³-hybridized carbons (Fsp3) is 0.368. The average Bonchev–Trinajstić information content (AvgIpc) is 3.30. The maximum absolute atomic E-state index is 5.51. The van der Waals surface area contributed by atoms with Crippen molar-refractivity contribution < 1.29 is 4.52 Å². The van der Waals surface area contributed by atoms with Crippen molar-refractivity contribution in [3.05, 3.63) is 71.6 Å². The molecular formula is C19H24N4O. The number of hydrogen-bond acceptors (Lipinski definition) is 4. The Labute approximate surface area is 142 Å². The van der Waals surface area contributed by atoms with Gasteiger partial charge in [-0.25, -0.2) is 4.98 Å². The Morgan fingerprint density at radius 1 is 1.17 bits per heavy atom. The van der Waals surface area contributed by atoms with Gasteiger partial charge < -0.3 is 9.51 Å². The standard InChI is InChI=1S/C19H24N4O/c1-3-14(4-2)17-10-16(24-23-17)11-21-19(18-12-20-13-22-18)15-8-6-5-7-9-15/h5-10,12-14,19,21H,3-4,11H2,1-2H3,(H,20,22). The number of hydrogen-bond donors (Lipinski definition) is 2. The van der Waals surface area contributed by atoms with Gasteiger partial charge in [-0.05, 0) is 18.4 Å². The largest absolute Gasteiger partial charge is 0.360 e. The second kappa shape index (κ2) is 7.93.